The molecular weight excluding hydrogens is 394 g/mol. The molecule has 1 atom stereocenters. The lowest BCUT2D eigenvalue weighted by molar-refractivity contribution is 0.0706. The molecule has 1 unspecified atom stereocenters. The third-order valence-corrected chi connectivity index (χ3v) is 6.95. The van der Waals surface area contributed by atoms with Crippen molar-refractivity contribution in [3.63, 3.8) is 0 Å². The molecule has 0 spiro atoms. The van der Waals surface area contributed by atoms with Gasteiger partial charge < -0.3 is 0 Å². The summed E-state index contributed by atoms with van der Waals surface area (Å²) in [6.45, 7) is 1.99. The molecule has 1 aliphatic rings. The smallest absolute Gasteiger partial charge is 0.274 e. The van der Waals surface area contributed by atoms with Crippen molar-refractivity contribution in [1.82, 2.24) is 15.4 Å². The van der Waals surface area contributed by atoms with Crippen molar-refractivity contribution in [3.05, 3.63) is 57.5 Å². The number of Topliss-reactive ketones (excluding diaryl/α,β-unsaturated/α-hetero) is 1. The number of rotatable bonds is 7. The molecule has 1 amide bonds. The number of carbonyl (C=O) groups is 2. The van der Waals surface area contributed by atoms with Crippen molar-refractivity contribution in [1.29, 1.82) is 0 Å². The maximum absolute atomic E-state index is 13.0. The fraction of sp³-hybridized carbons (Fsp3) is 0.300. The van der Waals surface area contributed by atoms with Crippen molar-refractivity contribution < 1.29 is 14.8 Å². The third-order valence-electron chi connectivity index (χ3n) is 4.82. The normalized spacial score (nSPS) is 14.6. The van der Waals surface area contributed by atoms with Gasteiger partial charge in [0.05, 0.1) is 0 Å². The number of ketones is 1. The summed E-state index contributed by atoms with van der Waals surface area (Å²) in [5.41, 5.74) is 3.55. The number of nitrogens with one attached hydrogen (secondary N) is 1. The summed E-state index contributed by atoms with van der Waals surface area (Å²) < 4.78 is 0. The number of thiazole rings is 2. The molecule has 2 heterocycles. The van der Waals surface area contributed by atoms with Gasteiger partial charge in [-0.1, -0.05) is 19.1 Å². The van der Waals surface area contributed by atoms with Crippen LogP contribution in [0.3, 0.4) is 0 Å². The molecule has 1 saturated carbocycles. The van der Waals surface area contributed by atoms with E-state index in [1.54, 1.807) is 35.1 Å². The van der Waals surface area contributed by atoms with Gasteiger partial charge in [0.25, 0.3) is 5.91 Å². The molecule has 8 heteroatoms. The van der Waals surface area contributed by atoms with Crippen LogP contribution < -0.4 is 5.48 Å². The predicted molar refractivity (Wildman–Crippen MR) is 108 cm³/mol. The number of amides is 1. The van der Waals surface area contributed by atoms with Crippen LogP contribution in [0.1, 0.15) is 69.3 Å². The fourth-order valence-electron chi connectivity index (χ4n) is 3.09. The molecule has 4 rings (SSSR count). The Morgan fingerprint density at radius 2 is 2.00 bits per heavy atom. The molecule has 2 N–H and O–H groups in total. The molecule has 0 radical (unpaired) electrons. The summed E-state index contributed by atoms with van der Waals surface area (Å²) in [6.07, 6.45) is 4.34. The van der Waals surface area contributed by atoms with E-state index in [0.717, 1.165) is 33.3 Å². The average Bonchev–Trinajstić information content (AvgIpc) is 3.23. The molecular formula is C20H19N3O3S2. The van der Waals surface area contributed by atoms with E-state index in [4.69, 9.17) is 5.21 Å². The fourth-order valence-corrected chi connectivity index (χ4v) is 5.03. The van der Waals surface area contributed by atoms with Crippen LogP contribution in [0.2, 0.25) is 0 Å². The van der Waals surface area contributed by atoms with E-state index < -0.39 is 5.91 Å². The number of carbonyl (C=O) groups excluding carboxylic acids is 2. The quantitative estimate of drug-likeness (QED) is 0.334. The van der Waals surface area contributed by atoms with Crippen LogP contribution in [0.5, 0.6) is 0 Å². The Labute approximate surface area is 170 Å². The predicted octanol–water partition coefficient (Wildman–Crippen LogP) is 4.64. The minimum absolute atomic E-state index is 0.00389. The number of aromatic nitrogens is 2. The Morgan fingerprint density at radius 1 is 1.25 bits per heavy atom. The minimum atomic E-state index is -0.554. The van der Waals surface area contributed by atoms with Crippen LogP contribution in [0, 0.1) is 0 Å². The highest BCUT2D eigenvalue weighted by Gasteiger charge is 2.32. The molecule has 0 saturated heterocycles. The third kappa shape index (κ3) is 3.89. The second-order valence-corrected chi connectivity index (χ2v) is 8.86. The first-order chi connectivity index (χ1) is 13.6. The summed E-state index contributed by atoms with van der Waals surface area (Å²) in [4.78, 5) is 34.5. The van der Waals surface area contributed by atoms with Gasteiger partial charge in [0, 0.05) is 28.4 Å². The van der Waals surface area contributed by atoms with Crippen LogP contribution in [0.4, 0.5) is 0 Å². The maximum atomic E-state index is 13.0. The van der Waals surface area contributed by atoms with Gasteiger partial charge in [-0.15, -0.1) is 22.7 Å². The zero-order valence-electron chi connectivity index (χ0n) is 15.2. The highest BCUT2D eigenvalue weighted by Crippen LogP contribution is 2.46. The lowest BCUT2D eigenvalue weighted by Gasteiger charge is -2.11. The SMILES string of the molecule is CC(CC(=O)c1nc(-c2nccs2)sc1C1CC1)c1ccc(C(=O)NO)cc1. The van der Waals surface area contributed by atoms with Crippen molar-refractivity contribution in [3.8, 4) is 10.0 Å². The van der Waals surface area contributed by atoms with Gasteiger partial charge >= 0.3 is 0 Å². The van der Waals surface area contributed by atoms with E-state index >= 15 is 0 Å². The van der Waals surface area contributed by atoms with Crippen molar-refractivity contribution >= 4 is 34.4 Å². The molecule has 1 fully saturated rings. The Bertz CT molecular complexity index is 992. The summed E-state index contributed by atoms with van der Waals surface area (Å²) in [5, 5.41) is 12.3. The van der Waals surface area contributed by atoms with Crippen LogP contribution in [0.15, 0.2) is 35.8 Å². The Kier molecular flexibility index (Phi) is 5.34. The lowest BCUT2D eigenvalue weighted by Crippen LogP contribution is -2.18. The maximum Gasteiger partial charge on any atom is 0.274 e. The summed E-state index contributed by atoms with van der Waals surface area (Å²) >= 11 is 3.13. The highest BCUT2D eigenvalue weighted by molar-refractivity contribution is 7.20. The standard InChI is InChI=1S/C20H19N3O3S2/c1-11(12-2-6-14(7-3-12)18(25)23-26)10-15(24)16-17(13-4-5-13)28-20(22-16)19-21-8-9-27-19/h2-3,6-9,11,13,26H,4-5,10H2,1H3,(H,23,25). The molecule has 2 aromatic heterocycles. The van der Waals surface area contributed by atoms with Gasteiger partial charge in [-0.25, -0.2) is 15.4 Å². The Hall–Kier alpha value is -2.42. The topological polar surface area (TPSA) is 92.2 Å². The van der Waals surface area contributed by atoms with Crippen molar-refractivity contribution in [2.24, 2.45) is 0 Å². The van der Waals surface area contributed by atoms with E-state index in [1.807, 2.05) is 24.4 Å². The van der Waals surface area contributed by atoms with Gasteiger partial charge in [0.2, 0.25) is 0 Å². The van der Waals surface area contributed by atoms with E-state index in [2.05, 4.69) is 9.97 Å². The summed E-state index contributed by atoms with van der Waals surface area (Å²) in [6, 6.07) is 6.90. The monoisotopic (exact) mass is 413 g/mol. The first-order valence-electron chi connectivity index (χ1n) is 9.05. The summed E-state index contributed by atoms with van der Waals surface area (Å²) in [5.74, 6) is -0.0558. The number of hydrogen-bond acceptors (Lipinski definition) is 7. The van der Waals surface area contributed by atoms with Crippen LogP contribution in [0.25, 0.3) is 10.0 Å². The van der Waals surface area contributed by atoms with Crippen LogP contribution in [-0.4, -0.2) is 26.9 Å². The minimum Gasteiger partial charge on any atom is -0.292 e. The number of nitrogens with zero attached hydrogens (tertiary/aromatic N) is 2. The largest absolute Gasteiger partial charge is 0.292 e. The number of hydroxylamine groups is 1. The van der Waals surface area contributed by atoms with Gasteiger partial charge in [0.1, 0.15) is 5.69 Å². The summed E-state index contributed by atoms with van der Waals surface area (Å²) in [7, 11) is 0. The van der Waals surface area contributed by atoms with Gasteiger partial charge in [-0.05, 0) is 42.4 Å². The Balaban J connectivity index is 1.52. The van der Waals surface area contributed by atoms with Crippen LogP contribution in [-0.2, 0) is 0 Å². The van der Waals surface area contributed by atoms with Crippen molar-refractivity contribution in [2.45, 2.75) is 38.0 Å². The van der Waals surface area contributed by atoms with Gasteiger partial charge in [-0.3, -0.25) is 14.8 Å². The van der Waals surface area contributed by atoms with Crippen molar-refractivity contribution in [2.75, 3.05) is 0 Å². The molecule has 1 aromatic carbocycles. The van der Waals surface area contributed by atoms with E-state index in [9.17, 15) is 9.59 Å². The molecule has 3 aromatic rings. The zero-order chi connectivity index (χ0) is 19.7. The highest BCUT2D eigenvalue weighted by atomic mass is 32.1. The molecule has 0 bridgehead atoms. The molecule has 0 aliphatic heterocycles. The van der Waals surface area contributed by atoms with E-state index in [1.165, 1.54) is 11.3 Å². The molecule has 6 nitrogen and oxygen atoms in total. The first-order valence-corrected chi connectivity index (χ1v) is 10.7. The first kappa shape index (κ1) is 18.9. The average molecular weight is 414 g/mol. The number of benzene rings is 1. The molecule has 144 valence electrons. The van der Waals surface area contributed by atoms with Crippen LogP contribution >= 0.6 is 22.7 Å². The van der Waals surface area contributed by atoms with Gasteiger partial charge in [-0.2, -0.15) is 0 Å². The molecule has 1 aliphatic carbocycles. The number of hydrogen-bond donors (Lipinski definition) is 2. The Morgan fingerprint density at radius 3 is 2.61 bits per heavy atom. The second-order valence-electron chi connectivity index (χ2n) is 6.93. The van der Waals surface area contributed by atoms with E-state index in [0.29, 0.717) is 23.6 Å². The molecule has 28 heavy (non-hydrogen) atoms. The van der Waals surface area contributed by atoms with E-state index in [-0.39, 0.29) is 11.7 Å². The second kappa shape index (κ2) is 7.90. The zero-order valence-corrected chi connectivity index (χ0v) is 16.8. The van der Waals surface area contributed by atoms with Gasteiger partial charge in [0.15, 0.2) is 15.8 Å². The lowest BCUT2D eigenvalue weighted by atomic mass is 9.93.